The van der Waals surface area contributed by atoms with Crippen molar-refractivity contribution in [3.8, 4) is 0 Å². The van der Waals surface area contributed by atoms with Gasteiger partial charge in [-0.2, -0.15) is 13.2 Å². The fourth-order valence-corrected chi connectivity index (χ4v) is 4.68. The molecule has 1 fully saturated rings. The van der Waals surface area contributed by atoms with Gasteiger partial charge in [0.1, 0.15) is 5.84 Å². The third-order valence-electron chi connectivity index (χ3n) is 6.62. The summed E-state index contributed by atoms with van der Waals surface area (Å²) >= 11 is 5.99. The van der Waals surface area contributed by atoms with Gasteiger partial charge in [0.25, 0.3) is 5.91 Å². The number of benzene rings is 2. The van der Waals surface area contributed by atoms with Crippen LogP contribution in [0.3, 0.4) is 0 Å². The number of carbonyl (C=O) groups is 1. The summed E-state index contributed by atoms with van der Waals surface area (Å²) in [4.78, 5) is 17.3. The third kappa shape index (κ3) is 5.52. The molecule has 1 aliphatic heterocycles. The highest BCUT2D eigenvalue weighted by molar-refractivity contribution is 6.33. The number of anilines is 1. The van der Waals surface area contributed by atoms with E-state index in [2.05, 4.69) is 36.6 Å². The summed E-state index contributed by atoms with van der Waals surface area (Å²) < 4.78 is 38.9. The van der Waals surface area contributed by atoms with Crippen molar-refractivity contribution in [3.05, 3.63) is 63.2 Å². The van der Waals surface area contributed by atoms with E-state index in [1.165, 1.54) is 16.7 Å². The maximum absolute atomic E-state index is 13.0. The highest BCUT2D eigenvalue weighted by atomic mass is 35.5. The molecule has 2 N–H and O–H groups in total. The van der Waals surface area contributed by atoms with Crippen LogP contribution in [0.15, 0.2) is 35.3 Å². The minimum Gasteiger partial charge on any atom is -0.349 e. The van der Waals surface area contributed by atoms with Gasteiger partial charge in [0.2, 0.25) is 0 Å². The third-order valence-corrected chi connectivity index (χ3v) is 6.95. The van der Waals surface area contributed by atoms with E-state index in [0.717, 1.165) is 68.4 Å². The number of nitrogens with zero attached hydrogens (tertiary/aromatic N) is 1. The zero-order valence-electron chi connectivity index (χ0n) is 18.7. The molecule has 2 aromatic rings. The first-order chi connectivity index (χ1) is 15.6. The molecule has 2 aliphatic rings. The number of nitrogens with one attached hydrogen (secondary N) is 2. The number of carbonyl (C=O) groups excluding carboxylic acids is 1. The Balaban J connectivity index is 1.28. The molecule has 0 unspecified atom stereocenters. The first-order valence-corrected chi connectivity index (χ1v) is 11.6. The smallest absolute Gasteiger partial charge is 0.349 e. The van der Waals surface area contributed by atoms with Crippen LogP contribution in [0.5, 0.6) is 0 Å². The lowest BCUT2D eigenvalue weighted by Crippen LogP contribution is -2.38. The maximum Gasteiger partial charge on any atom is 0.416 e. The first kappa shape index (κ1) is 23.6. The Hall–Kier alpha value is -2.54. The predicted octanol–water partition coefficient (Wildman–Crippen LogP) is 6.33. The van der Waals surface area contributed by atoms with E-state index in [4.69, 9.17) is 16.6 Å². The Bertz CT molecular complexity index is 1060. The number of halogens is 4. The molecule has 0 radical (unpaired) electrons. The minimum atomic E-state index is -4.52. The van der Waals surface area contributed by atoms with Gasteiger partial charge in [-0.05, 0) is 86.4 Å². The molecule has 33 heavy (non-hydrogen) atoms. The van der Waals surface area contributed by atoms with Crippen LogP contribution < -0.4 is 10.6 Å². The number of hydrogen-bond acceptors (Lipinski definition) is 2. The van der Waals surface area contributed by atoms with Crippen molar-refractivity contribution in [3.63, 3.8) is 0 Å². The van der Waals surface area contributed by atoms with Crippen molar-refractivity contribution in [2.45, 2.75) is 58.2 Å². The highest BCUT2D eigenvalue weighted by Gasteiger charge is 2.32. The molecule has 2 aromatic carbocycles. The van der Waals surface area contributed by atoms with Gasteiger partial charge in [0.05, 0.1) is 16.1 Å². The number of fused-ring (bicyclic) bond motifs is 1. The van der Waals surface area contributed by atoms with E-state index >= 15 is 0 Å². The molecule has 4 rings (SSSR count). The van der Waals surface area contributed by atoms with Gasteiger partial charge in [-0.3, -0.25) is 9.79 Å². The zero-order chi connectivity index (χ0) is 23.8. The van der Waals surface area contributed by atoms with Crippen molar-refractivity contribution in [1.29, 1.82) is 0 Å². The molecular formula is C25H27ClF3N3O. The predicted molar refractivity (Wildman–Crippen MR) is 125 cm³/mol. The summed E-state index contributed by atoms with van der Waals surface area (Å²) in [6.07, 6.45) is -0.355. The van der Waals surface area contributed by atoms with Gasteiger partial charge in [0, 0.05) is 24.7 Å². The lowest BCUT2D eigenvalue weighted by atomic mass is 9.86. The second-order valence-electron chi connectivity index (χ2n) is 9.07. The van der Waals surface area contributed by atoms with E-state index < -0.39 is 17.6 Å². The summed E-state index contributed by atoms with van der Waals surface area (Å²) in [5.41, 5.74) is 3.93. The van der Waals surface area contributed by atoms with Crippen LogP contribution in [-0.2, 0) is 12.6 Å². The molecule has 1 aliphatic carbocycles. The molecule has 0 saturated heterocycles. The number of alkyl halides is 3. The molecule has 8 heteroatoms. The van der Waals surface area contributed by atoms with Gasteiger partial charge in [-0.1, -0.05) is 17.7 Å². The number of rotatable bonds is 4. The summed E-state index contributed by atoms with van der Waals surface area (Å²) in [5, 5.41) is 6.29. The number of amidine groups is 1. The SMILES string of the molecule is Cc1cc2c(cc1C)NC(=NCC1CCC(NC(=O)c3cc(C(F)(F)F)ccc3Cl)CC1)C2. The average Bonchev–Trinajstić information content (AvgIpc) is 3.14. The zero-order valence-corrected chi connectivity index (χ0v) is 19.4. The Labute approximate surface area is 196 Å². The summed E-state index contributed by atoms with van der Waals surface area (Å²) in [5.74, 6) is 0.856. The molecule has 1 amide bonds. The fraction of sp³-hybridized carbons (Fsp3) is 0.440. The largest absolute Gasteiger partial charge is 0.416 e. The number of amides is 1. The highest BCUT2D eigenvalue weighted by Crippen LogP contribution is 2.32. The summed E-state index contributed by atoms with van der Waals surface area (Å²) in [6, 6.07) is 7.11. The van der Waals surface area contributed by atoms with Gasteiger partial charge in [-0.25, -0.2) is 0 Å². The van der Waals surface area contributed by atoms with Crippen LogP contribution in [-0.4, -0.2) is 24.3 Å². The molecule has 1 heterocycles. The number of aryl methyl sites for hydroxylation is 2. The van der Waals surface area contributed by atoms with Crippen LogP contribution in [0.1, 0.15) is 58.3 Å². The Morgan fingerprint density at radius 1 is 1.12 bits per heavy atom. The maximum atomic E-state index is 13.0. The molecular weight excluding hydrogens is 451 g/mol. The minimum absolute atomic E-state index is 0.0143. The van der Waals surface area contributed by atoms with E-state index in [-0.39, 0.29) is 16.6 Å². The van der Waals surface area contributed by atoms with E-state index in [0.29, 0.717) is 5.92 Å². The normalized spacial score (nSPS) is 21.6. The van der Waals surface area contributed by atoms with Crippen molar-refractivity contribution in [2.24, 2.45) is 10.9 Å². The summed E-state index contributed by atoms with van der Waals surface area (Å²) in [7, 11) is 0. The van der Waals surface area contributed by atoms with E-state index in [1.54, 1.807) is 0 Å². The molecule has 1 saturated carbocycles. The van der Waals surface area contributed by atoms with Gasteiger partial charge < -0.3 is 10.6 Å². The van der Waals surface area contributed by atoms with Crippen LogP contribution in [0.25, 0.3) is 0 Å². The average molecular weight is 478 g/mol. The lowest BCUT2D eigenvalue weighted by molar-refractivity contribution is -0.137. The van der Waals surface area contributed by atoms with Gasteiger partial charge in [-0.15, -0.1) is 0 Å². The Morgan fingerprint density at radius 2 is 1.82 bits per heavy atom. The monoisotopic (exact) mass is 477 g/mol. The Morgan fingerprint density at radius 3 is 2.52 bits per heavy atom. The second-order valence-corrected chi connectivity index (χ2v) is 9.47. The summed E-state index contributed by atoms with van der Waals surface area (Å²) in [6.45, 7) is 4.95. The van der Waals surface area contributed by atoms with Crippen molar-refractivity contribution in [1.82, 2.24) is 5.32 Å². The van der Waals surface area contributed by atoms with Crippen molar-refractivity contribution in [2.75, 3.05) is 11.9 Å². The van der Waals surface area contributed by atoms with Crippen LogP contribution in [0.4, 0.5) is 18.9 Å². The van der Waals surface area contributed by atoms with Crippen molar-refractivity contribution < 1.29 is 18.0 Å². The molecule has 176 valence electrons. The van der Waals surface area contributed by atoms with Gasteiger partial charge in [0.15, 0.2) is 0 Å². The Kier molecular flexibility index (Phi) is 6.71. The number of hydrogen-bond donors (Lipinski definition) is 2. The lowest BCUT2D eigenvalue weighted by Gasteiger charge is -2.28. The van der Waals surface area contributed by atoms with E-state index in [9.17, 15) is 18.0 Å². The molecule has 0 spiro atoms. The number of aliphatic imine (C=N–C) groups is 1. The standard InChI is InChI=1S/C25H27ClF3N3O/c1-14-9-17-11-23(32-22(17)10-15(14)2)30-13-16-3-6-19(7-4-16)31-24(33)20-12-18(25(27,28)29)5-8-21(20)26/h5,8-10,12,16,19H,3-4,6-7,11,13H2,1-2H3,(H,30,32)(H,31,33). The fourth-order valence-electron chi connectivity index (χ4n) is 4.48. The molecule has 0 bridgehead atoms. The molecule has 4 nitrogen and oxygen atoms in total. The van der Waals surface area contributed by atoms with Crippen LogP contribution in [0, 0.1) is 19.8 Å². The second kappa shape index (κ2) is 9.37. The van der Waals surface area contributed by atoms with Crippen LogP contribution >= 0.6 is 11.6 Å². The topological polar surface area (TPSA) is 53.5 Å². The van der Waals surface area contributed by atoms with Crippen LogP contribution in [0.2, 0.25) is 5.02 Å². The molecule has 0 atom stereocenters. The van der Waals surface area contributed by atoms with Crippen molar-refractivity contribution >= 4 is 29.0 Å². The molecule has 0 aromatic heterocycles. The quantitative estimate of drug-likeness (QED) is 0.540. The van der Waals surface area contributed by atoms with E-state index in [1.807, 2.05) is 0 Å². The first-order valence-electron chi connectivity index (χ1n) is 11.2. The van der Waals surface area contributed by atoms with Gasteiger partial charge >= 0.3 is 6.18 Å².